The second-order valence-electron chi connectivity index (χ2n) is 4.92. The second kappa shape index (κ2) is 7.49. The molecule has 2 rings (SSSR count). The highest BCUT2D eigenvalue weighted by Crippen LogP contribution is 2.16. The number of aromatic nitrogens is 2. The minimum absolute atomic E-state index is 0.0343. The van der Waals surface area contributed by atoms with E-state index in [4.69, 9.17) is 0 Å². The van der Waals surface area contributed by atoms with E-state index in [1.807, 2.05) is 6.92 Å². The van der Waals surface area contributed by atoms with Crippen LogP contribution in [0.2, 0.25) is 0 Å². The number of ether oxygens (including phenoxy) is 1. The molecule has 1 aromatic heterocycles. The molecule has 0 aliphatic carbocycles. The van der Waals surface area contributed by atoms with Crippen LogP contribution in [0.4, 0.5) is 10.1 Å². The van der Waals surface area contributed by atoms with E-state index in [0.29, 0.717) is 13.0 Å². The molecule has 0 atom stereocenters. The van der Waals surface area contributed by atoms with E-state index >= 15 is 0 Å². The highest BCUT2D eigenvalue weighted by molar-refractivity contribution is 6.03. The first-order chi connectivity index (χ1) is 11.5. The first-order valence-electron chi connectivity index (χ1n) is 7.23. The molecule has 0 spiro atoms. The molecule has 0 unspecified atom stereocenters. The minimum Gasteiger partial charge on any atom is -0.465 e. The van der Waals surface area contributed by atoms with Gasteiger partial charge in [0.05, 0.1) is 12.7 Å². The topological polar surface area (TPSA) is 90.3 Å². The van der Waals surface area contributed by atoms with Gasteiger partial charge >= 0.3 is 5.97 Å². The van der Waals surface area contributed by atoms with Gasteiger partial charge in [0.15, 0.2) is 0 Å². The maximum atomic E-state index is 13.6. The number of hydrogen-bond donors (Lipinski definition) is 1. The number of methoxy groups -OCH3 is 1. The molecule has 0 aliphatic heterocycles. The summed E-state index contributed by atoms with van der Waals surface area (Å²) >= 11 is 0. The van der Waals surface area contributed by atoms with Gasteiger partial charge in [0.25, 0.3) is 11.5 Å². The lowest BCUT2D eigenvalue weighted by molar-refractivity contribution is 0.0595. The Morgan fingerprint density at radius 1 is 1.29 bits per heavy atom. The second-order valence-corrected chi connectivity index (χ2v) is 4.92. The molecule has 0 aliphatic rings. The molecule has 7 nitrogen and oxygen atoms in total. The van der Waals surface area contributed by atoms with Gasteiger partial charge in [-0.15, -0.1) is 0 Å². The number of halogens is 1. The number of nitrogens with zero attached hydrogens (tertiary/aromatic N) is 2. The van der Waals surface area contributed by atoms with Crippen molar-refractivity contribution in [2.45, 2.75) is 19.9 Å². The lowest BCUT2D eigenvalue weighted by atomic mass is 10.2. The van der Waals surface area contributed by atoms with Crippen molar-refractivity contribution in [1.82, 2.24) is 9.78 Å². The number of anilines is 1. The van der Waals surface area contributed by atoms with Crippen LogP contribution in [0.25, 0.3) is 0 Å². The van der Waals surface area contributed by atoms with Crippen LogP contribution in [0.5, 0.6) is 0 Å². The molecule has 24 heavy (non-hydrogen) atoms. The summed E-state index contributed by atoms with van der Waals surface area (Å²) in [7, 11) is 1.13. The van der Waals surface area contributed by atoms with Crippen LogP contribution in [-0.2, 0) is 11.3 Å². The Bertz CT molecular complexity index is 832. The van der Waals surface area contributed by atoms with E-state index in [1.165, 1.54) is 28.9 Å². The predicted octanol–water partition coefficient (Wildman–Crippen LogP) is 1.83. The lowest BCUT2D eigenvalue weighted by Gasteiger charge is -2.08. The molecule has 1 N–H and O–H groups in total. The van der Waals surface area contributed by atoms with E-state index in [0.717, 1.165) is 13.2 Å². The van der Waals surface area contributed by atoms with Crippen molar-refractivity contribution in [3.8, 4) is 0 Å². The third-order valence-corrected chi connectivity index (χ3v) is 3.16. The molecule has 0 fully saturated rings. The highest BCUT2D eigenvalue weighted by atomic mass is 19.1. The molecule has 0 saturated carbocycles. The van der Waals surface area contributed by atoms with Crippen LogP contribution in [-0.4, -0.2) is 28.8 Å². The summed E-state index contributed by atoms with van der Waals surface area (Å²) in [6.07, 6.45) is 0.693. The average molecular weight is 333 g/mol. The van der Waals surface area contributed by atoms with Crippen molar-refractivity contribution in [2.75, 3.05) is 12.4 Å². The molecule has 0 radical (unpaired) electrons. The number of esters is 1. The molecule has 0 bridgehead atoms. The van der Waals surface area contributed by atoms with Gasteiger partial charge in [-0.3, -0.25) is 9.59 Å². The van der Waals surface area contributed by atoms with Gasteiger partial charge in [-0.25, -0.2) is 13.9 Å². The largest absolute Gasteiger partial charge is 0.465 e. The average Bonchev–Trinajstić information content (AvgIpc) is 2.58. The lowest BCUT2D eigenvalue weighted by Crippen LogP contribution is -2.26. The van der Waals surface area contributed by atoms with Crippen LogP contribution < -0.4 is 10.9 Å². The molecular formula is C16H16FN3O4. The summed E-state index contributed by atoms with van der Waals surface area (Å²) in [6, 6.07) is 6.08. The first-order valence-corrected chi connectivity index (χ1v) is 7.23. The molecular weight excluding hydrogens is 317 g/mol. The summed E-state index contributed by atoms with van der Waals surface area (Å²) in [5.41, 5.74) is -0.355. The molecule has 1 amide bonds. The zero-order valence-corrected chi connectivity index (χ0v) is 13.2. The fourth-order valence-corrected chi connectivity index (χ4v) is 2.01. The van der Waals surface area contributed by atoms with Gasteiger partial charge < -0.3 is 10.1 Å². The number of aryl methyl sites for hydroxylation is 1. The number of amides is 1. The summed E-state index contributed by atoms with van der Waals surface area (Å²) in [5.74, 6) is -2.19. The molecule has 2 aromatic rings. The van der Waals surface area contributed by atoms with Crippen LogP contribution in [0.15, 0.2) is 35.1 Å². The third kappa shape index (κ3) is 3.83. The number of carbonyl (C=O) groups is 2. The van der Waals surface area contributed by atoms with Crippen molar-refractivity contribution in [1.29, 1.82) is 0 Å². The molecule has 8 heteroatoms. The maximum absolute atomic E-state index is 13.6. The van der Waals surface area contributed by atoms with Crippen LogP contribution >= 0.6 is 0 Å². The zero-order valence-electron chi connectivity index (χ0n) is 13.2. The van der Waals surface area contributed by atoms with Gasteiger partial charge in [0.1, 0.15) is 11.5 Å². The quantitative estimate of drug-likeness (QED) is 0.843. The normalized spacial score (nSPS) is 10.3. The van der Waals surface area contributed by atoms with Crippen molar-refractivity contribution in [3.63, 3.8) is 0 Å². The SMILES string of the molecule is CCCn1nc(C(=O)Nc2ccc(F)c(C(=O)OC)c2)ccc1=O. The van der Waals surface area contributed by atoms with E-state index < -0.39 is 17.7 Å². The summed E-state index contributed by atoms with van der Waals surface area (Å²) in [4.78, 5) is 35.3. The summed E-state index contributed by atoms with van der Waals surface area (Å²) in [5, 5.41) is 6.48. The minimum atomic E-state index is -0.849. The first kappa shape index (κ1) is 17.3. The molecule has 1 aromatic carbocycles. The van der Waals surface area contributed by atoms with Crippen molar-refractivity contribution >= 4 is 17.6 Å². The number of rotatable bonds is 5. The Morgan fingerprint density at radius 3 is 2.71 bits per heavy atom. The van der Waals surface area contributed by atoms with Crippen molar-refractivity contribution in [2.24, 2.45) is 0 Å². The Morgan fingerprint density at radius 2 is 2.04 bits per heavy atom. The van der Waals surface area contributed by atoms with E-state index in [-0.39, 0.29) is 22.5 Å². The summed E-state index contributed by atoms with van der Waals surface area (Å²) < 4.78 is 19.3. The summed E-state index contributed by atoms with van der Waals surface area (Å²) in [6.45, 7) is 2.27. The monoisotopic (exact) mass is 333 g/mol. The fourth-order valence-electron chi connectivity index (χ4n) is 2.01. The third-order valence-electron chi connectivity index (χ3n) is 3.16. The highest BCUT2D eigenvalue weighted by Gasteiger charge is 2.15. The van der Waals surface area contributed by atoms with Gasteiger partial charge in [-0.05, 0) is 30.7 Å². The van der Waals surface area contributed by atoms with Crippen LogP contribution in [0.3, 0.4) is 0 Å². The number of nitrogens with one attached hydrogen (secondary N) is 1. The molecule has 1 heterocycles. The van der Waals surface area contributed by atoms with Crippen molar-refractivity contribution < 1.29 is 18.7 Å². The Hall–Kier alpha value is -3.03. The molecule has 0 saturated heterocycles. The van der Waals surface area contributed by atoms with Crippen LogP contribution in [0, 0.1) is 5.82 Å². The number of carbonyl (C=O) groups excluding carboxylic acids is 2. The number of benzene rings is 1. The zero-order chi connectivity index (χ0) is 17.7. The van der Waals surface area contributed by atoms with Crippen LogP contribution in [0.1, 0.15) is 34.2 Å². The van der Waals surface area contributed by atoms with Gasteiger partial charge in [0.2, 0.25) is 0 Å². The Labute approximate surface area is 137 Å². The predicted molar refractivity (Wildman–Crippen MR) is 84.5 cm³/mol. The smallest absolute Gasteiger partial charge is 0.340 e. The standard InChI is InChI=1S/C16H16FN3O4/c1-3-8-20-14(21)7-6-13(19-20)15(22)18-10-4-5-12(17)11(9-10)16(23)24-2/h4-7,9H,3,8H2,1-2H3,(H,18,22). The Kier molecular flexibility index (Phi) is 5.41. The fraction of sp³-hybridized carbons (Fsp3) is 0.250. The van der Waals surface area contributed by atoms with E-state index in [2.05, 4.69) is 15.2 Å². The van der Waals surface area contributed by atoms with Gasteiger partial charge in [0, 0.05) is 18.3 Å². The molecule has 126 valence electrons. The van der Waals surface area contributed by atoms with E-state index in [1.54, 1.807) is 0 Å². The van der Waals surface area contributed by atoms with E-state index in [9.17, 15) is 18.8 Å². The van der Waals surface area contributed by atoms with Crippen molar-refractivity contribution in [3.05, 3.63) is 57.8 Å². The Balaban J connectivity index is 2.25. The van der Waals surface area contributed by atoms with Gasteiger partial charge in [-0.2, -0.15) is 5.10 Å². The number of hydrogen-bond acceptors (Lipinski definition) is 5. The van der Waals surface area contributed by atoms with Gasteiger partial charge in [-0.1, -0.05) is 6.92 Å². The maximum Gasteiger partial charge on any atom is 0.340 e.